The van der Waals surface area contributed by atoms with Gasteiger partial charge in [0.2, 0.25) is 0 Å². The zero-order valence-electron chi connectivity index (χ0n) is 15.5. The molecule has 1 heterocycles. The van der Waals surface area contributed by atoms with Crippen LogP contribution in [-0.4, -0.2) is 15.8 Å². The van der Waals surface area contributed by atoms with E-state index in [2.05, 4.69) is 53.0 Å². The summed E-state index contributed by atoms with van der Waals surface area (Å²) in [6.45, 7) is 2.98. The van der Waals surface area contributed by atoms with Gasteiger partial charge in [0, 0.05) is 30.6 Å². The van der Waals surface area contributed by atoms with Gasteiger partial charge in [-0.2, -0.15) is 0 Å². The first-order valence-electron chi connectivity index (χ1n) is 9.81. The molecule has 3 nitrogen and oxygen atoms in total. The summed E-state index contributed by atoms with van der Waals surface area (Å²) >= 11 is 0. The first-order valence-corrected chi connectivity index (χ1v) is 9.81. The number of rotatable bonds is 6. The smallest absolute Gasteiger partial charge is 0.105 e. The van der Waals surface area contributed by atoms with Crippen molar-refractivity contribution in [1.82, 2.24) is 9.55 Å². The number of hydrogen-bond donors (Lipinski definition) is 1. The lowest BCUT2D eigenvalue weighted by Gasteiger charge is -2.40. The molecule has 1 fully saturated rings. The summed E-state index contributed by atoms with van der Waals surface area (Å²) in [5.41, 5.74) is 1.16. The topological polar surface area (TPSA) is 41.7 Å². The van der Waals surface area contributed by atoms with Crippen LogP contribution in [0, 0.1) is 18.3 Å². The van der Waals surface area contributed by atoms with Gasteiger partial charge in [0.05, 0.1) is 0 Å². The predicted octanol–water partition coefficient (Wildman–Crippen LogP) is 5.53. The summed E-state index contributed by atoms with van der Waals surface area (Å²) in [7, 11) is 0. The van der Waals surface area contributed by atoms with E-state index in [0.29, 0.717) is 5.92 Å². The van der Waals surface area contributed by atoms with Crippen LogP contribution in [-0.2, 0) is 12.0 Å². The third kappa shape index (κ3) is 4.02. The van der Waals surface area contributed by atoms with E-state index in [4.69, 9.17) is 5.41 Å². The molecule has 134 valence electrons. The molecule has 0 bridgehead atoms. The van der Waals surface area contributed by atoms with Crippen LogP contribution in [0.5, 0.6) is 0 Å². The van der Waals surface area contributed by atoms with Crippen LogP contribution in [0.15, 0.2) is 42.7 Å². The Morgan fingerprint density at radius 3 is 2.40 bits per heavy atom. The lowest BCUT2D eigenvalue weighted by Crippen LogP contribution is -2.38. The van der Waals surface area contributed by atoms with Crippen LogP contribution in [0.2, 0.25) is 0 Å². The highest BCUT2D eigenvalue weighted by molar-refractivity contribution is 5.71. The first-order chi connectivity index (χ1) is 12.3. The second-order valence-corrected chi connectivity index (χ2v) is 7.51. The minimum atomic E-state index is -0.157. The molecule has 3 rings (SSSR count). The molecule has 1 aromatic carbocycles. The van der Waals surface area contributed by atoms with Gasteiger partial charge in [-0.15, -0.1) is 0 Å². The highest BCUT2D eigenvalue weighted by Crippen LogP contribution is 2.41. The van der Waals surface area contributed by atoms with Crippen molar-refractivity contribution >= 4 is 6.21 Å². The van der Waals surface area contributed by atoms with Gasteiger partial charge in [0.25, 0.3) is 0 Å². The number of aryl methyl sites for hydroxylation is 2. The van der Waals surface area contributed by atoms with E-state index < -0.39 is 0 Å². The molecule has 0 spiro atoms. The Kier molecular flexibility index (Phi) is 6.06. The van der Waals surface area contributed by atoms with Crippen LogP contribution in [0.1, 0.15) is 62.8 Å². The Morgan fingerprint density at radius 2 is 1.80 bits per heavy atom. The Labute approximate surface area is 152 Å². The molecule has 2 aromatic rings. The standard InChI is InChI=1S/C22H31N3/c1-19-24-15-17-25(19)16-14-22(18-23,21-12-8-5-9-13-21)20-10-6-3-2-4-7-11-20/h5,8-9,12-13,15,17-18,20,23H,2-4,6-7,10-11,14,16H2,1H3. The lowest BCUT2D eigenvalue weighted by molar-refractivity contribution is 0.261. The van der Waals surface area contributed by atoms with Gasteiger partial charge in [0.15, 0.2) is 0 Å². The quantitative estimate of drug-likeness (QED) is 0.692. The number of nitrogens with one attached hydrogen (secondary N) is 1. The predicted molar refractivity (Wildman–Crippen MR) is 104 cm³/mol. The van der Waals surface area contributed by atoms with E-state index in [1.165, 1.54) is 50.5 Å². The van der Waals surface area contributed by atoms with Crippen molar-refractivity contribution < 1.29 is 0 Å². The fraction of sp³-hybridized carbons (Fsp3) is 0.545. The van der Waals surface area contributed by atoms with Gasteiger partial charge >= 0.3 is 0 Å². The fourth-order valence-corrected chi connectivity index (χ4v) is 4.52. The monoisotopic (exact) mass is 337 g/mol. The van der Waals surface area contributed by atoms with E-state index in [1.807, 2.05) is 6.20 Å². The van der Waals surface area contributed by atoms with Gasteiger partial charge in [-0.3, -0.25) is 0 Å². The maximum Gasteiger partial charge on any atom is 0.105 e. The maximum absolute atomic E-state index is 8.44. The molecular weight excluding hydrogens is 306 g/mol. The first kappa shape index (κ1) is 17.9. The molecule has 0 saturated heterocycles. The largest absolute Gasteiger partial charge is 0.335 e. The summed E-state index contributed by atoms with van der Waals surface area (Å²) in [5.74, 6) is 1.63. The highest BCUT2D eigenvalue weighted by atomic mass is 15.0. The number of hydrogen-bond acceptors (Lipinski definition) is 2. The molecular formula is C22H31N3. The van der Waals surface area contributed by atoms with E-state index in [-0.39, 0.29) is 5.41 Å². The summed E-state index contributed by atoms with van der Waals surface area (Å²) in [6, 6.07) is 10.8. The molecule has 3 heteroatoms. The third-order valence-corrected chi connectivity index (χ3v) is 6.09. The highest BCUT2D eigenvalue weighted by Gasteiger charge is 2.38. The summed E-state index contributed by atoms with van der Waals surface area (Å²) in [6.07, 6.45) is 15.8. The minimum Gasteiger partial charge on any atom is -0.335 e. The van der Waals surface area contributed by atoms with Crippen LogP contribution in [0.4, 0.5) is 0 Å². The van der Waals surface area contributed by atoms with Crippen molar-refractivity contribution in [2.24, 2.45) is 5.92 Å². The Hall–Kier alpha value is -1.90. The molecule has 25 heavy (non-hydrogen) atoms. The number of imidazole rings is 1. The Morgan fingerprint density at radius 1 is 1.12 bits per heavy atom. The van der Waals surface area contributed by atoms with Crippen LogP contribution >= 0.6 is 0 Å². The second-order valence-electron chi connectivity index (χ2n) is 7.51. The molecule has 1 atom stereocenters. The zero-order valence-corrected chi connectivity index (χ0v) is 15.5. The molecule has 1 aromatic heterocycles. The second kappa shape index (κ2) is 8.46. The molecule has 1 aliphatic carbocycles. The van der Waals surface area contributed by atoms with Crippen molar-refractivity contribution in [2.75, 3.05) is 0 Å². The lowest BCUT2D eigenvalue weighted by atomic mass is 9.65. The maximum atomic E-state index is 8.44. The van der Waals surface area contributed by atoms with Crippen LogP contribution in [0.3, 0.4) is 0 Å². The van der Waals surface area contributed by atoms with E-state index >= 15 is 0 Å². The van der Waals surface area contributed by atoms with Crippen molar-refractivity contribution in [1.29, 1.82) is 5.41 Å². The normalized spacial score (nSPS) is 18.9. The van der Waals surface area contributed by atoms with Crippen molar-refractivity contribution in [2.45, 2.75) is 70.3 Å². The molecule has 1 saturated carbocycles. The SMILES string of the molecule is Cc1nccn1CCC(C=N)(c1ccccc1)C1CCCCCCC1. The summed E-state index contributed by atoms with van der Waals surface area (Å²) in [4.78, 5) is 4.36. The molecule has 1 N–H and O–H groups in total. The van der Waals surface area contributed by atoms with Gasteiger partial charge < -0.3 is 9.98 Å². The summed E-state index contributed by atoms with van der Waals surface area (Å²) in [5, 5.41) is 8.44. The zero-order chi connectivity index (χ0) is 17.5. The molecule has 1 unspecified atom stereocenters. The van der Waals surface area contributed by atoms with E-state index in [0.717, 1.165) is 18.8 Å². The number of nitrogens with zero attached hydrogens (tertiary/aromatic N) is 2. The summed E-state index contributed by atoms with van der Waals surface area (Å²) < 4.78 is 2.23. The fourth-order valence-electron chi connectivity index (χ4n) is 4.52. The average Bonchev–Trinajstić information content (AvgIpc) is 3.03. The average molecular weight is 338 g/mol. The number of benzene rings is 1. The van der Waals surface area contributed by atoms with Crippen molar-refractivity contribution in [3.05, 3.63) is 54.1 Å². The van der Waals surface area contributed by atoms with Crippen LogP contribution in [0.25, 0.3) is 0 Å². The molecule has 0 radical (unpaired) electrons. The molecule has 1 aliphatic rings. The number of aromatic nitrogens is 2. The van der Waals surface area contributed by atoms with Crippen LogP contribution < -0.4 is 0 Å². The molecule has 0 amide bonds. The van der Waals surface area contributed by atoms with Gasteiger partial charge in [-0.25, -0.2) is 4.98 Å². The molecule has 0 aliphatic heterocycles. The third-order valence-electron chi connectivity index (χ3n) is 6.09. The van der Waals surface area contributed by atoms with Gasteiger partial charge in [-0.1, -0.05) is 62.4 Å². The Balaban J connectivity index is 1.91. The van der Waals surface area contributed by atoms with Crippen molar-refractivity contribution in [3.63, 3.8) is 0 Å². The van der Waals surface area contributed by atoms with Gasteiger partial charge in [-0.05, 0) is 37.7 Å². The van der Waals surface area contributed by atoms with E-state index in [1.54, 1.807) is 6.21 Å². The van der Waals surface area contributed by atoms with Gasteiger partial charge in [0.1, 0.15) is 5.82 Å². The van der Waals surface area contributed by atoms with Crippen molar-refractivity contribution in [3.8, 4) is 0 Å². The Bertz CT molecular complexity index is 653. The van der Waals surface area contributed by atoms with E-state index in [9.17, 15) is 0 Å². The minimum absolute atomic E-state index is 0.157.